The van der Waals surface area contributed by atoms with Gasteiger partial charge in [0.2, 0.25) is 19.0 Å². The molecule has 0 aromatic carbocycles. The summed E-state index contributed by atoms with van der Waals surface area (Å²) in [5, 5.41) is 0. The number of hydrogen-bond acceptors (Lipinski definition) is 0. The molecule has 0 unspecified atom stereocenters. The normalized spacial score (nSPS) is 5.25. The topological polar surface area (TPSA) is 0 Å². The molecule has 4 radical (unpaired) electrons. The van der Waals surface area contributed by atoms with Crippen molar-refractivity contribution in [1.82, 2.24) is 0 Å². The van der Waals surface area contributed by atoms with Crippen molar-refractivity contribution in [1.29, 1.82) is 0 Å². The fourth-order valence-electron chi connectivity index (χ4n) is 0.135. The highest BCUT2D eigenvalue weighted by Gasteiger charge is 1.68. The number of rotatable bonds is 0. The van der Waals surface area contributed by atoms with Crippen molar-refractivity contribution in [2.45, 2.75) is 0 Å². The van der Waals surface area contributed by atoms with Gasteiger partial charge in [-0.1, -0.05) is 0 Å². The lowest BCUT2D eigenvalue weighted by Crippen LogP contribution is -1.81. The molecule has 0 rings (SSSR count). The maximum absolute atomic E-state index is 4.92. The zero-order chi connectivity index (χ0) is 6.24. The van der Waals surface area contributed by atoms with Crippen LogP contribution in [0.15, 0.2) is 0 Å². The molecule has 8 heavy (non-hydrogen) atoms. The summed E-state index contributed by atoms with van der Waals surface area (Å²) in [6, 6.07) is 0. The van der Waals surface area contributed by atoms with E-state index in [1.807, 2.05) is 0 Å². The molecule has 0 spiro atoms. The van der Waals surface area contributed by atoms with Crippen molar-refractivity contribution in [2.24, 2.45) is 0 Å². The van der Waals surface area contributed by atoms with Crippen LogP contribution in [0.2, 0.25) is 0 Å². The van der Waals surface area contributed by atoms with Crippen molar-refractivity contribution in [2.75, 3.05) is 0 Å². The van der Waals surface area contributed by atoms with Crippen molar-refractivity contribution in [3.8, 4) is 35.0 Å². The van der Waals surface area contributed by atoms with E-state index in [2.05, 4.69) is 22.2 Å². The van der Waals surface area contributed by atoms with Gasteiger partial charge in [0.05, 0.1) is 0 Å². The van der Waals surface area contributed by atoms with Crippen LogP contribution in [0.5, 0.6) is 0 Å². The molecule has 0 nitrogen and oxygen atoms in total. The van der Waals surface area contributed by atoms with Gasteiger partial charge in [-0.05, 0) is 0 Å². The Morgan fingerprint density at radius 1 is 0.875 bits per heavy atom. The summed E-state index contributed by atoms with van der Waals surface area (Å²) >= 11 is 0. The molecular formula is C6H2Si2. The van der Waals surface area contributed by atoms with E-state index in [0.717, 1.165) is 0 Å². The van der Waals surface area contributed by atoms with Crippen molar-refractivity contribution >= 4 is 19.0 Å². The molecule has 0 bridgehead atoms. The molecule has 0 aromatic heterocycles. The fourth-order valence-corrected chi connectivity index (χ4v) is 0.779. The lowest BCUT2D eigenvalue weighted by Gasteiger charge is -1.62. The van der Waals surface area contributed by atoms with Crippen molar-refractivity contribution < 1.29 is 0 Å². The Morgan fingerprint density at radius 3 is 1.50 bits per heavy atom. The van der Waals surface area contributed by atoms with Crippen LogP contribution in [-0.4, -0.2) is 19.0 Å². The Morgan fingerprint density at radius 2 is 1.25 bits per heavy atom. The zero-order valence-electron chi connectivity index (χ0n) is 4.15. The highest BCUT2D eigenvalue weighted by molar-refractivity contribution is 6.61. The first-order chi connectivity index (χ1) is 3.91. The van der Waals surface area contributed by atoms with Crippen LogP contribution in [-0.2, 0) is 0 Å². The smallest absolute Gasteiger partial charge is 0.126 e. The van der Waals surface area contributed by atoms with E-state index >= 15 is 0 Å². The maximum atomic E-state index is 4.92. The van der Waals surface area contributed by atoms with Crippen molar-refractivity contribution in [3.05, 3.63) is 0 Å². The van der Waals surface area contributed by atoms with Crippen LogP contribution in [0.1, 0.15) is 0 Å². The molecular weight excluding hydrogens is 128 g/mol. The molecule has 0 atom stereocenters. The average Bonchev–Trinajstić information content (AvgIpc) is 1.81. The van der Waals surface area contributed by atoms with E-state index in [9.17, 15) is 0 Å². The monoisotopic (exact) mass is 130 g/mol. The van der Waals surface area contributed by atoms with E-state index in [0.29, 0.717) is 19.0 Å². The third-order valence-corrected chi connectivity index (χ3v) is 1.37. The molecule has 0 saturated heterocycles. The quantitative estimate of drug-likeness (QED) is 0.306. The minimum atomic E-state index is 0.303. The second-order valence-corrected chi connectivity index (χ2v) is 2.37. The summed E-state index contributed by atoms with van der Waals surface area (Å²) in [5.41, 5.74) is 10.3. The summed E-state index contributed by atoms with van der Waals surface area (Å²) in [6.07, 6.45) is 9.84. The van der Waals surface area contributed by atoms with E-state index in [1.54, 1.807) is 0 Å². The minimum absolute atomic E-state index is 0.303. The van der Waals surface area contributed by atoms with Crippen LogP contribution in [0.3, 0.4) is 0 Å². The molecule has 34 valence electrons. The van der Waals surface area contributed by atoms with Crippen LogP contribution in [0.4, 0.5) is 0 Å². The summed E-state index contributed by atoms with van der Waals surface area (Å²) in [4.78, 5) is 0. The predicted molar refractivity (Wildman–Crippen MR) is 36.9 cm³/mol. The van der Waals surface area contributed by atoms with Crippen molar-refractivity contribution in [3.63, 3.8) is 0 Å². The molecule has 0 amide bonds. The molecule has 0 aliphatic carbocycles. The highest BCUT2D eigenvalue weighted by atomic mass is 28.2. The van der Waals surface area contributed by atoms with Crippen LogP contribution in [0.25, 0.3) is 0 Å². The lowest BCUT2D eigenvalue weighted by atomic mass is 11.3. The molecule has 0 aromatic rings. The van der Waals surface area contributed by atoms with E-state index in [-0.39, 0.29) is 0 Å². The fraction of sp³-hybridized carbons (Fsp3) is 0. The van der Waals surface area contributed by atoms with Gasteiger partial charge in [0.1, 0.15) is 0 Å². The van der Waals surface area contributed by atoms with Gasteiger partial charge in [0, 0.05) is 0 Å². The first kappa shape index (κ1) is 7.11. The Bertz CT molecular complexity index is 161. The molecule has 0 aliphatic heterocycles. The second-order valence-electron chi connectivity index (χ2n) is 0.789. The third-order valence-electron chi connectivity index (χ3n) is 0.332. The summed E-state index contributed by atoms with van der Waals surface area (Å²) in [6.45, 7) is 0. The van der Waals surface area contributed by atoms with Gasteiger partial charge in [-0.25, -0.2) is 0 Å². The number of hydrogen-bond donors (Lipinski definition) is 0. The summed E-state index contributed by atoms with van der Waals surface area (Å²) < 4.78 is 0. The minimum Gasteiger partial charge on any atom is -0.126 e. The molecule has 2 heteroatoms. The Balaban J connectivity index is 3.28. The Kier molecular flexibility index (Phi) is 5.44. The Labute approximate surface area is 54.7 Å². The van der Waals surface area contributed by atoms with E-state index in [1.165, 1.54) is 0 Å². The SMILES string of the molecule is C#C[Si]C#C[Si]C#C. The standard InChI is InChI=1S/C6H2Si2/c1-3-7-5-6-8-4-2/h1-2H. The third kappa shape index (κ3) is 5.11. The molecule has 0 aliphatic rings. The van der Waals surface area contributed by atoms with Gasteiger partial charge in [0.25, 0.3) is 0 Å². The zero-order valence-corrected chi connectivity index (χ0v) is 6.15. The van der Waals surface area contributed by atoms with E-state index < -0.39 is 0 Å². The van der Waals surface area contributed by atoms with Gasteiger partial charge in [-0.2, -0.15) is 0 Å². The highest BCUT2D eigenvalue weighted by Crippen LogP contribution is 1.50. The first-order valence-corrected chi connectivity index (χ1v) is 3.83. The summed E-state index contributed by atoms with van der Waals surface area (Å²) in [7, 11) is 0.606. The Hall–Kier alpha value is -0.886. The van der Waals surface area contributed by atoms with Gasteiger partial charge in [-0.15, -0.1) is 35.0 Å². The summed E-state index contributed by atoms with van der Waals surface area (Å²) in [5.74, 6) is 0. The molecule has 0 fully saturated rings. The first-order valence-electron chi connectivity index (χ1n) is 1.83. The molecule has 0 saturated carbocycles. The van der Waals surface area contributed by atoms with Crippen LogP contribution in [0, 0.1) is 35.0 Å². The van der Waals surface area contributed by atoms with Gasteiger partial charge < -0.3 is 0 Å². The largest absolute Gasteiger partial charge is 0.248 e. The van der Waals surface area contributed by atoms with Gasteiger partial charge in [-0.3, -0.25) is 0 Å². The van der Waals surface area contributed by atoms with Crippen LogP contribution >= 0.6 is 0 Å². The van der Waals surface area contributed by atoms with Gasteiger partial charge in [0.15, 0.2) is 0 Å². The maximum Gasteiger partial charge on any atom is 0.248 e. The predicted octanol–water partition coefficient (Wildman–Crippen LogP) is -0.505. The average molecular weight is 130 g/mol. The lowest BCUT2D eigenvalue weighted by molar-refractivity contribution is 2.76. The van der Waals surface area contributed by atoms with E-state index in [4.69, 9.17) is 12.8 Å². The van der Waals surface area contributed by atoms with Gasteiger partial charge >= 0.3 is 0 Å². The molecule has 0 N–H and O–H groups in total. The number of terminal acetylenes is 2. The second kappa shape index (κ2) is 6.11. The van der Waals surface area contributed by atoms with Crippen LogP contribution < -0.4 is 0 Å². The molecule has 0 heterocycles.